The second-order valence-corrected chi connectivity index (χ2v) is 10.00. The number of carbonyl (C=O) groups is 2. The van der Waals surface area contributed by atoms with Crippen molar-refractivity contribution < 1.29 is 39.9 Å². The number of carbonyl (C=O) groups excluding carboxylic acids is 2. The lowest BCUT2D eigenvalue weighted by Crippen LogP contribution is -2.31. The van der Waals surface area contributed by atoms with Gasteiger partial charge in [0.05, 0.1) is 10.5 Å². The first-order valence-corrected chi connectivity index (χ1v) is 13.3. The van der Waals surface area contributed by atoms with Gasteiger partial charge in [0.15, 0.2) is 34.5 Å². The largest absolute Gasteiger partial charge is 0.323 e. The molecule has 3 aromatic rings. The molecule has 3 rings (SSSR count). The topological polar surface area (TPSA) is 80.8 Å². The van der Waals surface area contributed by atoms with E-state index in [0.29, 0.717) is 29.9 Å². The van der Waals surface area contributed by atoms with Crippen molar-refractivity contribution >= 4 is 44.8 Å². The summed E-state index contributed by atoms with van der Waals surface area (Å²) in [6, 6.07) is 7.83. The summed E-state index contributed by atoms with van der Waals surface area (Å²) >= 11 is 0.338. The summed E-state index contributed by atoms with van der Waals surface area (Å²) in [4.78, 5) is 21.8. The highest BCUT2D eigenvalue weighted by molar-refractivity contribution is 7.98. The molecule has 192 valence electrons. The number of unbranched alkanes of at least 4 members (excludes halogenated alkanes) is 1. The van der Waals surface area contributed by atoms with E-state index >= 15 is 0 Å². The van der Waals surface area contributed by atoms with E-state index in [1.165, 1.54) is 12.1 Å². The molecule has 0 aliphatic carbocycles. The molecule has 12 heteroatoms. The van der Waals surface area contributed by atoms with E-state index in [1.807, 2.05) is 6.92 Å². The van der Waals surface area contributed by atoms with Gasteiger partial charge in [0.25, 0.3) is 5.91 Å². The number of amides is 1. The van der Waals surface area contributed by atoms with Crippen molar-refractivity contribution in [2.75, 3.05) is 13.3 Å². The Morgan fingerprint density at radius 2 is 1.69 bits per heavy atom. The summed E-state index contributed by atoms with van der Waals surface area (Å²) in [5.74, 6) is -9.28. The molecular formula is C24H21F4NO5S2. The fourth-order valence-corrected chi connectivity index (χ4v) is 5.33. The van der Waals surface area contributed by atoms with Gasteiger partial charge in [0.1, 0.15) is 0 Å². The summed E-state index contributed by atoms with van der Waals surface area (Å²) in [7, 11) is -4.69. The Labute approximate surface area is 209 Å². The highest BCUT2D eigenvalue weighted by atomic mass is 32.2. The molecule has 36 heavy (non-hydrogen) atoms. The molecule has 0 radical (unpaired) electrons. The predicted molar refractivity (Wildman–Crippen MR) is 126 cm³/mol. The van der Waals surface area contributed by atoms with Gasteiger partial charge in [-0.15, -0.1) is 16.0 Å². The molecule has 0 N–H and O–H groups in total. The number of nitrogens with zero attached hydrogens (tertiary/aromatic N) is 1. The van der Waals surface area contributed by atoms with Crippen LogP contribution in [-0.2, 0) is 20.8 Å². The summed E-state index contributed by atoms with van der Waals surface area (Å²) in [5, 5.41) is 0.982. The molecule has 0 unspecified atom stereocenters. The molecule has 0 saturated carbocycles. The smallest absolute Gasteiger partial charge is 0.298 e. The molecule has 0 aliphatic rings. The highest BCUT2D eigenvalue weighted by Crippen LogP contribution is 2.34. The van der Waals surface area contributed by atoms with E-state index < -0.39 is 49.1 Å². The summed E-state index contributed by atoms with van der Waals surface area (Å²) in [5.41, 5.74) is 0.883. The van der Waals surface area contributed by atoms with Gasteiger partial charge in [-0.2, -0.15) is 8.42 Å². The quantitative estimate of drug-likeness (QED) is 0.114. The van der Waals surface area contributed by atoms with Crippen LogP contribution in [0.5, 0.6) is 0 Å². The van der Waals surface area contributed by atoms with Crippen molar-refractivity contribution in [2.45, 2.75) is 36.0 Å². The molecule has 0 fully saturated rings. The van der Waals surface area contributed by atoms with Crippen molar-refractivity contribution in [3.63, 3.8) is 0 Å². The molecule has 0 atom stereocenters. The first kappa shape index (κ1) is 27.6. The molecular weight excluding hydrogens is 522 g/mol. The Hall–Kier alpha value is -2.96. The van der Waals surface area contributed by atoms with E-state index in [2.05, 4.69) is 4.28 Å². The van der Waals surface area contributed by atoms with Crippen molar-refractivity contribution in [2.24, 2.45) is 0 Å². The number of halogens is 4. The maximum Gasteiger partial charge on any atom is 0.323 e. The van der Waals surface area contributed by atoms with Crippen LogP contribution in [0.3, 0.4) is 0 Å². The zero-order chi connectivity index (χ0) is 26.8. The third kappa shape index (κ3) is 4.97. The van der Waals surface area contributed by atoms with Gasteiger partial charge in [0.2, 0.25) is 0 Å². The molecule has 0 heterocycles. The number of thioether (sulfide) groups is 1. The molecule has 0 aromatic heterocycles. The van der Waals surface area contributed by atoms with Crippen LogP contribution in [0.2, 0.25) is 0 Å². The van der Waals surface area contributed by atoms with Crippen LogP contribution in [0.4, 0.5) is 17.6 Å². The number of fused-ring (bicyclic) bond motifs is 1. The second-order valence-electron chi connectivity index (χ2n) is 7.71. The average Bonchev–Trinajstić information content (AvgIpc) is 2.85. The normalized spacial score (nSPS) is 11.6. The number of hydrogen-bond donors (Lipinski definition) is 0. The summed E-state index contributed by atoms with van der Waals surface area (Å²) in [6.45, 7) is 2.00. The van der Waals surface area contributed by atoms with Gasteiger partial charge < -0.3 is 0 Å². The summed E-state index contributed by atoms with van der Waals surface area (Å²) in [6.07, 6.45) is 4.07. The maximum absolute atomic E-state index is 14.4. The van der Waals surface area contributed by atoms with Gasteiger partial charge in [0, 0.05) is 18.0 Å². The van der Waals surface area contributed by atoms with Gasteiger partial charge in [-0.05, 0) is 36.1 Å². The zero-order valence-electron chi connectivity index (χ0n) is 19.4. The maximum atomic E-state index is 14.4. The molecule has 0 aliphatic heterocycles. The number of rotatable bonds is 9. The van der Waals surface area contributed by atoms with Crippen LogP contribution < -0.4 is 0 Å². The molecule has 6 nitrogen and oxygen atoms in total. The fraction of sp³-hybridized carbons (Fsp3) is 0.250. The van der Waals surface area contributed by atoms with Crippen LogP contribution in [0.1, 0.15) is 46.0 Å². The Balaban J connectivity index is 2.07. The van der Waals surface area contributed by atoms with E-state index in [9.17, 15) is 35.6 Å². The van der Waals surface area contributed by atoms with Gasteiger partial charge in [-0.1, -0.05) is 37.6 Å². The van der Waals surface area contributed by atoms with Crippen molar-refractivity contribution in [3.05, 3.63) is 70.3 Å². The predicted octanol–water partition coefficient (Wildman–Crippen LogP) is 5.67. The Kier molecular flexibility index (Phi) is 8.42. The van der Waals surface area contributed by atoms with Gasteiger partial charge in [-0.3, -0.25) is 9.59 Å². The second kappa shape index (κ2) is 11.0. The monoisotopic (exact) mass is 543 g/mol. The van der Waals surface area contributed by atoms with E-state index in [0.717, 1.165) is 31.7 Å². The third-order valence-electron chi connectivity index (χ3n) is 5.45. The number of aldehydes is 1. The number of hydrogen-bond acceptors (Lipinski definition) is 6. The molecule has 0 bridgehead atoms. The number of aryl methyl sites for hydroxylation is 1. The SMILES string of the molecule is CCCCc1ccc(C(=O)N(C)OS(=O)(=O)c2c(F)c(F)c(SC)c(F)c2F)c2c(C=O)cccc12. The first-order valence-electron chi connectivity index (χ1n) is 10.6. The van der Waals surface area contributed by atoms with E-state index in [1.54, 1.807) is 18.2 Å². The molecule has 0 spiro atoms. The number of hydroxylamine groups is 2. The van der Waals surface area contributed by atoms with Crippen molar-refractivity contribution in [1.29, 1.82) is 0 Å². The highest BCUT2D eigenvalue weighted by Gasteiger charge is 2.36. The van der Waals surface area contributed by atoms with Gasteiger partial charge >= 0.3 is 10.1 Å². The van der Waals surface area contributed by atoms with Crippen LogP contribution in [0.25, 0.3) is 10.8 Å². The van der Waals surface area contributed by atoms with Crippen LogP contribution >= 0.6 is 11.8 Å². The Morgan fingerprint density at radius 1 is 1.06 bits per heavy atom. The minimum atomic E-state index is -5.54. The third-order valence-corrected chi connectivity index (χ3v) is 7.50. The van der Waals surface area contributed by atoms with E-state index in [-0.39, 0.29) is 21.6 Å². The lowest BCUT2D eigenvalue weighted by atomic mass is 9.93. The zero-order valence-corrected chi connectivity index (χ0v) is 21.0. The fourth-order valence-electron chi connectivity index (χ4n) is 3.74. The molecule has 0 saturated heterocycles. The van der Waals surface area contributed by atoms with Crippen molar-refractivity contribution in [3.8, 4) is 0 Å². The summed E-state index contributed by atoms with van der Waals surface area (Å²) < 4.78 is 86.9. The minimum absolute atomic E-state index is 0.123. The van der Waals surface area contributed by atoms with Crippen molar-refractivity contribution in [1.82, 2.24) is 5.06 Å². The van der Waals surface area contributed by atoms with Gasteiger partial charge in [-0.25, -0.2) is 22.6 Å². The Morgan fingerprint density at radius 3 is 2.25 bits per heavy atom. The van der Waals surface area contributed by atoms with E-state index in [4.69, 9.17) is 0 Å². The standard InChI is InChI=1S/C24H21F4NO5S2/c1-4-5-7-13-10-11-16(17-14(12-30)8-6-9-15(13)17)24(31)29(2)34-36(32,33)23-20(27)18(25)22(35-3)19(26)21(23)28/h6,8-12H,4-5,7H2,1-3H3. The lowest BCUT2D eigenvalue weighted by molar-refractivity contribution is -0.00910. The van der Waals surface area contributed by atoms with Crippen LogP contribution in [0, 0.1) is 23.3 Å². The lowest BCUT2D eigenvalue weighted by Gasteiger charge is -2.19. The molecule has 1 amide bonds. The molecule has 3 aromatic carbocycles. The Bertz CT molecular complexity index is 1430. The first-order chi connectivity index (χ1) is 17.0. The number of benzene rings is 3. The minimum Gasteiger partial charge on any atom is -0.298 e. The van der Waals surface area contributed by atoms with Crippen LogP contribution in [-0.4, -0.2) is 39.0 Å². The average molecular weight is 544 g/mol. The van der Waals surface area contributed by atoms with Crippen LogP contribution in [0.15, 0.2) is 40.1 Å².